The van der Waals surface area contributed by atoms with Gasteiger partial charge >= 0.3 is 0 Å². The molecule has 0 amide bonds. The third kappa shape index (κ3) is 3.09. The van der Waals surface area contributed by atoms with Gasteiger partial charge in [-0.3, -0.25) is 0 Å². The van der Waals surface area contributed by atoms with Crippen molar-refractivity contribution < 1.29 is 0 Å². The van der Waals surface area contributed by atoms with Crippen molar-refractivity contribution in [3.63, 3.8) is 0 Å². The molecule has 0 aliphatic heterocycles. The molecule has 0 radical (unpaired) electrons. The van der Waals surface area contributed by atoms with Crippen LogP contribution in [0.4, 0.5) is 0 Å². The quantitative estimate of drug-likeness (QED) is 0.222. The lowest BCUT2D eigenvalue weighted by Gasteiger charge is -2.15. The summed E-state index contributed by atoms with van der Waals surface area (Å²) >= 11 is 0. The van der Waals surface area contributed by atoms with Crippen LogP contribution in [-0.2, 0) is 6.42 Å². The van der Waals surface area contributed by atoms with Crippen LogP contribution < -0.4 is 0 Å². The zero-order chi connectivity index (χ0) is 25.1. The van der Waals surface area contributed by atoms with Crippen molar-refractivity contribution >= 4 is 40.0 Å². The second-order valence-electron chi connectivity index (χ2n) is 9.98. The molecule has 0 saturated heterocycles. The average Bonchev–Trinajstić information content (AvgIpc) is 3.51. The Labute approximate surface area is 221 Å². The number of fused-ring (bicyclic) bond motifs is 6. The fraction of sp³-hybridized carbons (Fsp3) is 0.0556. The largest absolute Gasteiger partial charge is 0.312 e. The first-order chi connectivity index (χ1) is 18.9. The van der Waals surface area contributed by atoms with Gasteiger partial charge in [0.05, 0.1) is 16.7 Å². The van der Waals surface area contributed by atoms with Gasteiger partial charge in [-0.25, -0.2) is 0 Å². The third-order valence-electron chi connectivity index (χ3n) is 7.89. The molecule has 8 rings (SSSR count). The summed E-state index contributed by atoms with van der Waals surface area (Å²) in [5.74, 6) is 0. The van der Waals surface area contributed by atoms with Gasteiger partial charge in [0, 0.05) is 45.0 Å². The average molecular weight is 485 g/mol. The maximum absolute atomic E-state index is 3.16. The van der Waals surface area contributed by atoms with Crippen molar-refractivity contribution in [2.45, 2.75) is 12.8 Å². The summed E-state index contributed by atoms with van der Waals surface area (Å²) in [4.78, 5) is 0. The number of rotatable bonds is 3. The van der Waals surface area contributed by atoms with Crippen molar-refractivity contribution in [3.05, 3.63) is 137 Å². The number of aromatic nitrogens is 2. The number of allylic oxidation sites excluding steroid dienone is 1. The molecule has 0 unspecified atom stereocenters. The molecule has 0 atom stereocenters. The molecule has 2 aromatic heterocycles. The van der Waals surface area contributed by atoms with E-state index in [4.69, 9.17) is 0 Å². The molecule has 0 fully saturated rings. The third-order valence-corrected chi connectivity index (χ3v) is 7.89. The molecule has 0 spiro atoms. The smallest absolute Gasteiger partial charge is 0.0627 e. The molecule has 0 N–H and O–H groups in total. The first kappa shape index (κ1) is 21.1. The summed E-state index contributed by atoms with van der Waals surface area (Å²) in [6, 6.07) is 35.2. The van der Waals surface area contributed by atoms with E-state index in [1.165, 1.54) is 66.8 Å². The SMILES string of the molecule is C1=C=Cc2c(c3c(n2-c2ccc(-c4ccc(-n5c6ccccc6c6ccccc65)cc4)cc2)CCC=C3)C=1. The molecule has 2 aliphatic carbocycles. The predicted molar refractivity (Wildman–Crippen MR) is 159 cm³/mol. The van der Waals surface area contributed by atoms with Crippen LogP contribution in [0.1, 0.15) is 28.9 Å². The summed E-state index contributed by atoms with van der Waals surface area (Å²) in [7, 11) is 0. The van der Waals surface area contributed by atoms with Crippen molar-refractivity contribution in [2.75, 3.05) is 0 Å². The number of hydrogen-bond donors (Lipinski definition) is 0. The Hall–Kier alpha value is -5.00. The first-order valence-corrected chi connectivity index (χ1v) is 13.2. The minimum absolute atomic E-state index is 1.05. The zero-order valence-electron chi connectivity index (χ0n) is 20.9. The molecular formula is C36H24N2. The van der Waals surface area contributed by atoms with E-state index in [1.54, 1.807) is 0 Å². The normalized spacial score (nSPS) is 13.4. The lowest BCUT2D eigenvalue weighted by Crippen LogP contribution is -2.04. The first-order valence-electron chi connectivity index (χ1n) is 13.2. The van der Waals surface area contributed by atoms with Crippen LogP contribution >= 0.6 is 0 Å². The van der Waals surface area contributed by atoms with Gasteiger partial charge in [0.1, 0.15) is 0 Å². The van der Waals surface area contributed by atoms with Crippen LogP contribution in [0.15, 0.2) is 115 Å². The number of benzene rings is 4. The molecule has 2 nitrogen and oxygen atoms in total. The van der Waals surface area contributed by atoms with Crippen molar-refractivity contribution in [1.82, 2.24) is 9.13 Å². The van der Waals surface area contributed by atoms with Gasteiger partial charge < -0.3 is 9.13 Å². The fourth-order valence-corrected chi connectivity index (χ4v) is 6.15. The van der Waals surface area contributed by atoms with Gasteiger partial charge in [0.15, 0.2) is 0 Å². The summed E-state index contributed by atoms with van der Waals surface area (Å²) in [5.41, 5.74) is 18.7. The van der Waals surface area contributed by atoms with Gasteiger partial charge in [-0.05, 0) is 66.4 Å². The maximum atomic E-state index is 3.16. The monoisotopic (exact) mass is 484 g/mol. The lowest BCUT2D eigenvalue weighted by atomic mass is 10.00. The maximum Gasteiger partial charge on any atom is 0.0627 e. The highest BCUT2D eigenvalue weighted by Crippen LogP contribution is 2.36. The van der Waals surface area contributed by atoms with Crippen molar-refractivity contribution in [2.24, 2.45) is 0 Å². The molecule has 2 heteroatoms. The van der Waals surface area contributed by atoms with E-state index in [2.05, 4.69) is 142 Å². The Morgan fingerprint density at radius 1 is 0.553 bits per heavy atom. The zero-order valence-corrected chi connectivity index (χ0v) is 20.9. The van der Waals surface area contributed by atoms with E-state index in [1.807, 2.05) is 0 Å². The second kappa shape index (κ2) is 8.26. The van der Waals surface area contributed by atoms with Crippen LogP contribution in [0.5, 0.6) is 0 Å². The molecule has 38 heavy (non-hydrogen) atoms. The standard InChI is InChI=1S/C36H24N2/c1-5-13-33-29(9-1)30-10-2-6-14-34(30)37(33)27-21-17-25(18-22-27)26-19-23-28(24-20-26)38-35-15-7-3-11-31(35)32-12-4-8-16-36(32)38/h1-3,5-6,9-14,16-24H,7,15H2. The van der Waals surface area contributed by atoms with Gasteiger partial charge in [-0.15, -0.1) is 0 Å². The summed E-state index contributed by atoms with van der Waals surface area (Å²) < 4.78 is 4.76. The van der Waals surface area contributed by atoms with Crippen LogP contribution in [0.2, 0.25) is 0 Å². The molecule has 0 saturated carbocycles. The fourth-order valence-electron chi connectivity index (χ4n) is 6.15. The van der Waals surface area contributed by atoms with Gasteiger partial charge in [0.25, 0.3) is 0 Å². The second-order valence-corrected chi connectivity index (χ2v) is 9.98. The van der Waals surface area contributed by atoms with Crippen molar-refractivity contribution in [3.8, 4) is 22.5 Å². The van der Waals surface area contributed by atoms with Gasteiger partial charge in [-0.2, -0.15) is 0 Å². The highest BCUT2D eigenvalue weighted by molar-refractivity contribution is 6.09. The number of para-hydroxylation sites is 2. The molecule has 2 heterocycles. The molecule has 4 aromatic carbocycles. The molecular weight excluding hydrogens is 460 g/mol. The molecule has 6 aromatic rings. The lowest BCUT2D eigenvalue weighted by molar-refractivity contribution is 0.870. The number of nitrogens with zero attached hydrogens (tertiary/aromatic N) is 2. The van der Waals surface area contributed by atoms with E-state index in [0.717, 1.165) is 12.8 Å². The van der Waals surface area contributed by atoms with E-state index in [9.17, 15) is 0 Å². The van der Waals surface area contributed by atoms with Crippen LogP contribution in [0.3, 0.4) is 0 Å². The summed E-state index contributed by atoms with van der Waals surface area (Å²) in [5, 5.41) is 2.57. The Kier molecular flexibility index (Phi) is 4.59. The Bertz CT molecular complexity index is 1960. The van der Waals surface area contributed by atoms with E-state index in [0.29, 0.717) is 0 Å². The highest BCUT2D eigenvalue weighted by atomic mass is 15.0. The van der Waals surface area contributed by atoms with Gasteiger partial charge in [0.2, 0.25) is 0 Å². The van der Waals surface area contributed by atoms with Crippen LogP contribution in [-0.4, -0.2) is 9.13 Å². The molecule has 178 valence electrons. The minimum atomic E-state index is 1.05. The summed E-state index contributed by atoms with van der Waals surface area (Å²) in [6.45, 7) is 0. The summed E-state index contributed by atoms with van der Waals surface area (Å²) in [6.07, 6.45) is 10.8. The van der Waals surface area contributed by atoms with Crippen LogP contribution in [0.25, 0.3) is 62.5 Å². The predicted octanol–water partition coefficient (Wildman–Crippen LogP) is 8.99. The molecule has 2 aliphatic rings. The highest BCUT2D eigenvalue weighted by Gasteiger charge is 2.21. The Morgan fingerprint density at radius 2 is 1.13 bits per heavy atom. The van der Waals surface area contributed by atoms with E-state index >= 15 is 0 Å². The Balaban J connectivity index is 1.17. The van der Waals surface area contributed by atoms with Crippen molar-refractivity contribution in [1.29, 1.82) is 0 Å². The van der Waals surface area contributed by atoms with E-state index in [-0.39, 0.29) is 0 Å². The topological polar surface area (TPSA) is 9.86 Å². The number of hydrogen-bond acceptors (Lipinski definition) is 0. The Morgan fingerprint density at radius 3 is 1.79 bits per heavy atom. The minimum Gasteiger partial charge on any atom is -0.312 e. The van der Waals surface area contributed by atoms with E-state index < -0.39 is 0 Å². The molecule has 0 bridgehead atoms. The van der Waals surface area contributed by atoms with Crippen LogP contribution in [0, 0.1) is 0 Å². The van der Waals surface area contributed by atoms with Gasteiger partial charge in [-0.1, -0.05) is 84.3 Å².